The molecule has 1 fully saturated rings. The van der Waals surface area contributed by atoms with Gasteiger partial charge < -0.3 is 9.88 Å². The minimum atomic E-state index is 0.829. The zero-order valence-electron chi connectivity index (χ0n) is 13.1. The number of fused-ring (bicyclic) bond motifs is 1. The normalized spacial score (nSPS) is 16.1. The molecule has 0 bridgehead atoms. The van der Waals surface area contributed by atoms with Gasteiger partial charge in [-0.25, -0.2) is 14.3 Å². The summed E-state index contributed by atoms with van der Waals surface area (Å²) in [5.41, 5.74) is 2.91. The average Bonchev–Trinajstić information content (AvgIpc) is 3.06. The quantitative estimate of drug-likeness (QED) is 0.750. The van der Waals surface area contributed by atoms with E-state index in [4.69, 9.17) is 4.98 Å². The number of H-pyrrole nitrogens is 1. The maximum Gasteiger partial charge on any atom is 0.157 e. The number of aromatic nitrogens is 3. The Labute approximate surface area is 139 Å². The van der Waals surface area contributed by atoms with E-state index < -0.39 is 0 Å². The molecule has 1 aromatic carbocycles. The van der Waals surface area contributed by atoms with Gasteiger partial charge in [-0.2, -0.15) is 0 Å². The largest absolute Gasteiger partial charge is 0.354 e. The summed E-state index contributed by atoms with van der Waals surface area (Å²) >= 11 is 1.82. The van der Waals surface area contributed by atoms with Crippen molar-refractivity contribution in [2.75, 3.05) is 37.3 Å². The van der Waals surface area contributed by atoms with Crippen molar-refractivity contribution in [1.29, 1.82) is 0 Å². The highest BCUT2D eigenvalue weighted by molar-refractivity contribution is 7.96. The predicted molar refractivity (Wildman–Crippen MR) is 96.6 cm³/mol. The molecule has 0 radical (unpaired) electrons. The molecule has 0 atom stereocenters. The second kappa shape index (κ2) is 6.22. The van der Waals surface area contributed by atoms with Crippen molar-refractivity contribution in [2.24, 2.45) is 0 Å². The summed E-state index contributed by atoms with van der Waals surface area (Å²) in [7, 11) is 0. The van der Waals surface area contributed by atoms with Gasteiger partial charge in [0.05, 0.1) is 11.0 Å². The van der Waals surface area contributed by atoms with Crippen molar-refractivity contribution >= 4 is 28.8 Å². The van der Waals surface area contributed by atoms with Crippen LogP contribution in [0.2, 0.25) is 0 Å². The Morgan fingerprint density at radius 1 is 0.957 bits per heavy atom. The Morgan fingerprint density at radius 3 is 2.57 bits per heavy atom. The summed E-state index contributed by atoms with van der Waals surface area (Å²) < 4.78 is 2.39. The van der Waals surface area contributed by atoms with E-state index in [-0.39, 0.29) is 0 Å². The number of benzene rings is 1. The summed E-state index contributed by atoms with van der Waals surface area (Å²) in [4.78, 5) is 15.2. The van der Waals surface area contributed by atoms with Crippen molar-refractivity contribution < 1.29 is 0 Å². The molecule has 0 spiro atoms. The molecule has 0 unspecified atom stereocenters. The van der Waals surface area contributed by atoms with E-state index in [9.17, 15) is 0 Å². The molecule has 6 heteroatoms. The maximum atomic E-state index is 4.82. The summed E-state index contributed by atoms with van der Waals surface area (Å²) in [6.45, 7) is 4.16. The number of nitrogens with one attached hydrogen (secondary N) is 1. The third-order valence-electron chi connectivity index (χ3n) is 4.19. The van der Waals surface area contributed by atoms with E-state index in [0.29, 0.717) is 0 Å². The lowest BCUT2D eigenvalue weighted by molar-refractivity contribution is 0.429. The van der Waals surface area contributed by atoms with Crippen LogP contribution in [0.15, 0.2) is 42.5 Å². The number of anilines is 1. The first-order chi connectivity index (χ1) is 11.3. The lowest BCUT2D eigenvalue weighted by Crippen LogP contribution is -2.43. The van der Waals surface area contributed by atoms with Gasteiger partial charge in [-0.15, -0.1) is 0 Å². The highest BCUT2D eigenvalue weighted by atomic mass is 32.2. The van der Waals surface area contributed by atoms with Crippen LogP contribution in [0.25, 0.3) is 22.6 Å². The summed E-state index contributed by atoms with van der Waals surface area (Å²) in [6.07, 6.45) is 2.14. The van der Waals surface area contributed by atoms with Crippen molar-refractivity contribution in [3.05, 3.63) is 42.5 Å². The van der Waals surface area contributed by atoms with Crippen LogP contribution in [0.1, 0.15) is 0 Å². The van der Waals surface area contributed by atoms with Crippen LogP contribution in [0, 0.1) is 0 Å². The zero-order valence-corrected chi connectivity index (χ0v) is 13.9. The van der Waals surface area contributed by atoms with Gasteiger partial charge in [-0.1, -0.05) is 30.1 Å². The van der Waals surface area contributed by atoms with Crippen LogP contribution >= 0.6 is 11.9 Å². The van der Waals surface area contributed by atoms with E-state index in [0.717, 1.165) is 54.5 Å². The summed E-state index contributed by atoms with van der Waals surface area (Å²) in [6, 6.07) is 14.2. The van der Waals surface area contributed by atoms with Gasteiger partial charge in [0.15, 0.2) is 5.82 Å². The number of pyridine rings is 1. The number of hydrogen-bond acceptors (Lipinski definition) is 5. The Bertz CT molecular complexity index is 774. The molecule has 1 aliphatic rings. The van der Waals surface area contributed by atoms with Gasteiger partial charge in [0.2, 0.25) is 0 Å². The molecule has 1 saturated heterocycles. The van der Waals surface area contributed by atoms with E-state index >= 15 is 0 Å². The topological polar surface area (TPSA) is 48.0 Å². The number of rotatable bonds is 3. The molecular formula is C17H19N5S. The van der Waals surface area contributed by atoms with Crippen molar-refractivity contribution in [2.45, 2.75) is 0 Å². The first-order valence-corrected chi connectivity index (χ1v) is 8.98. The molecule has 5 nitrogen and oxygen atoms in total. The second-order valence-corrected chi connectivity index (χ2v) is 6.46. The first kappa shape index (κ1) is 14.5. The van der Waals surface area contributed by atoms with E-state index in [1.165, 1.54) is 0 Å². The Hall–Kier alpha value is -2.05. The number of nitrogens with zero attached hydrogens (tertiary/aromatic N) is 4. The highest BCUT2D eigenvalue weighted by Gasteiger charge is 2.18. The number of piperazine rings is 1. The average molecular weight is 325 g/mol. The molecule has 0 aliphatic carbocycles. The van der Waals surface area contributed by atoms with Gasteiger partial charge >= 0.3 is 0 Å². The Morgan fingerprint density at radius 2 is 1.78 bits per heavy atom. The molecule has 2 aromatic heterocycles. The van der Waals surface area contributed by atoms with Crippen molar-refractivity contribution in [1.82, 2.24) is 19.3 Å². The van der Waals surface area contributed by atoms with Crippen LogP contribution in [0.5, 0.6) is 0 Å². The third-order valence-corrected chi connectivity index (χ3v) is 5.07. The monoisotopic (exact) mass is 325 g/mol. The van der Waals surface area contributed by atoms with Crippen molar-refractivity contribution in [3.63, 3.8) is 0 Å². The number of imidazole rings is 1. The number of para-hydroxylation sites is 2. The molecule has 3 aromatic rings. The fourth-order valence-corrected chi connectivity index (χ4v) is 3.43. The molecule has 118 valence electrons. The van der Waals surface area contributed by atoms with Crippen LogP contribution < -0.4 is 4.90 Å². The number of aromatic amines is 1. The Balaban J connectivity index is 1.61. The van der Waals surface area contributed by atoms with E-state index in [2.05, 4.69) is 37.6 Å². The second-order valence-electron chi connectivity index (χ2n) is 5.58. The molecular weight excluding hydrogens is 306 g/mol. The third kappa shape index (κ3) is 2.92. The van der Waals surface area contributed by atoms with Gasteiger partial charge in [0, 0.05) is 26.2 Å². The van der Waals surface area contributed by atoms with Crippen molar-refractivity contribution in [3.8, 4) is 11.5 Å². The fraction of sp³-hybridized carbons (Fsp3) is 0.294. The SMILES string of the molecule is CSN1CCN(c2cccc(-c3nc4ccccc4[nH]3)n2)CC1. The van der Waals surface area contributed by atoms with E-state index in [1.807, 2.05) is 42.3 Å². The molecule has 0 saturated carbocycles. The van der Waals surface area contributed by atoms with Gasteiger partial charge in [-0.3, -0.25) is 0 Å². The molecule has 1 N–H and O–H groups in total. The smallest absolute Gasteiger partial charge is 0.157 e. The lowest BCUT2D eigenvalue weighted by atomic mass is 10.3. The summed E-state index contributed by atoms with van der Waals surface area (Å²) in [5, 5.41) is 0. The standard InChI is InChI=1S/C17H19N5S/c1-23-22-11-9-21(10-12-22)16-8-4-7-15(18-16)17-19-13-5-2-3-6-14(13)20-17/h2-8H,9-12H2,1H3,(H,19,20). The van der Waals surface area contributed by atoms with Crippen LogP contribution in [0.4, 0.5) is 5.82 Å². The van der Waals surface area contributed by atoms with Gasteiger partial charge in [-0.05, 0) is 30.5 Å². The molecule has 3 heterocycles. The van der Waals surface area contributed by atoms with Crippen LogP contribution in [-0.4, -0.2) is 51.7 Å². The zero-order chi connectivity index (χ0) is 15.6. The van der Waals surface area contributed by atoms with Crippen LogP contribution in [-0.2, 0) is 0 Å². The minimum Gasteiger partial charge on any atom is -0.354 e. The van der Waals surface area contributed by atoms with Crippen LogP contribution in [0.3, 0.4) is 0 Å². The fourth-order valence-electron chi connectivity index (χ4n) is 2.91. The molecule has 23 heavy (non-hydrogen) atoms. The maximum absolute atomic E-state index is 4.82. The highest BCUT2D eigenvalue weighted by Crippen LogP contribution is 2.22. The first-order valence-electron chi connectivity index (χ1n) is 7.80. The summed E-state index contributed by atoms with van der Waals surface area (Å²) in [5.74, 6) is 1.86. The molecule has 1 aliphatic heterocycles. The lowest BCUT2D eigenvalue weighted by Gasteiger charge is -2.34. The number of hydrogen-bond donors (Lipinski definition) is 1. The molecule has 4 rings (SSSR count). The van der Waals surface area contributed by atoms with Gasteiger partial charge in [0.25, 0.3) is 0 Å². The van der Waals surface area contributed by atoms with E-state index in [1.54, 1.807) is 0 Å². The predicted octanol–water partition coefficient (Wildman–Crippen LogP) is 3.02. The molecule has 0 amide bonds. The van der Waals surface area contributed by atoms with Gasteiger partial charge in [0.1, 0.15) is 11.5 Å². The Kier molecular flexibility index (Phi) is 3.93. The minimum absolute atomic E-state index is 0.829.